The Balaban J connectivity index is 2.45. The molecule has 1 aromatic carbocycles. The maximum Gasteiger partial charge on any atom is 0.263 e. The lowest BCUT2D eigenvalue weighted by atomic mass is 10.1. The molecular formula is C13H6ClFN4O2. The van der Waals surface area contributed by atoms with Crippen LogP contribution in [0.15, 0.2) is 29.2 Å². The van der Waals surface area contributed by atoms with Crippen molar-refractivity contribution in [1.29, 1.82) is 5.26 Å². The fraction of sp³-hybridized carbons (Fsp3) is 0. The molecule has 104 valence electrons. The van der Waals surface area contributed by atoms with Gasteiger partial charge in [0, 0.05) is 5.56 Å². The lowest BCUT2D eigenvalue weighted by Gasteiger charge is -2.08. The number of halogens is 2. The Morgan fingerprint density at radius 1 is 1.43 bits per heavy atom. The highest BCUT2D eigenvalue weighted by Crippen LogP contribution is 2.33. The van der Waals surface area contributed by atoms with Crippen molar-refractivity contribution in [1.82, 2.24) is 14.6 Å². The summed E-state index contributed by atoms with van der Waals surface area (Å²) in [7, 11) is 0. The van der Waals surface area contributed by atoms with Gasteiger partial charge in [0.1, 0.15) is 23.0 Å². The largest absolute Gasteiger partial charge is 0.493 e. The molecule has 2 heterocycles. The van der Waals surface area contributed by atoms with Crippen molar-refractivity contribution in [3.05, 3.63) is 51.2 Å². The Hall–Kier alpha value is -2.85. The predicted octanol–water partition coefficient (Wildman–Crippen LogP) is 2.06. The van der Waals surface area contributed by atoms with Crippen LogP contribution in [0.25, 0.3) is 16.8 Å². The molecule has 0 amide bonds. The molecule has 0 atom stereocenters. The van der Waals surface area contributed by atoms with Crippen molar-refractivity contribution in [3.63, 3.8) is 0 Å². The van der Waals surface area contributed by atoms with Gasteiger partial charge in [-0.2, -0.15) is 14.9 Å². The van der Waals surface area contributed by atoms with Gasteiger partial charge in [-0.05, 0) is 12.1 Å². The second kappa shape index (κ2) is 4.61. The summed E-state index contributed by atoms with van der Waals surface area (Å²) in [4.78, 5) is 14.5. The van der Waals surface area contributed by atoms with E-state index in [1.807, 2.05) is 6.07 Å². The summed E-state index contributed by atoms with van der Waals surface area (Å²) >= 11 is 5.91. The maximum absolute atomic E-state index is 13.9. The Morgan fingerprint density at radius 2 is 2.19 bits per heavy atom. The molecule has 2 aromatic heterocycles. The van der Waals surface area contributed by atoms with E-state index in [-0.39, 0.29) is 27.4 Å². The van der Waals surface area contributed by atoms with E-state index in [1.54, 1.807) is 0 Å². The lowest BCUT2D eigenvalue weighted by Crippen LogP contribution is -2.14. The van der Waals surface area contributed by atoms with Crippen LogP contribution in [0.1, 0.15) is 5.56 Å². The van der Waals surface area contributed by atoms with E-state index in [4.69, 9.17) is 16.9 Å². The number of fused-ring (bicyclic) bond motifs is 1. The van der Waals surface area contributed by atoms with Crippen LogP contribution < -0.4 is 5.56 Å². The SMILES string of the molecule is N#Cc1cnn2c(O)c(-c3c(F)cccc3Cl)c(=O)[nH]c12. The van der Waals surface area contributed by atoms with E-state index in [0.717, 1.165) is 10.6 Å². The van der Waals surface area contributed by atoms with Crippen LogP contribution in [-0.4, -0.2) is 19.7 Å². The fourth-order valence-electron chi connectivity index (χ4n) is 2.05. The summed E-state index contributed by atoms with van der Waals surface area (Å²) in [6.07, 6.45) is 1.18. The normalized spacial score (nSPS) is 10.7. The van der Waals surface area contributed by atoms with Gasteiger partial charge >= 0.3 is 0 Å². The Bertz CT molecular complexity index is 950. The molecule has 6 nitrogen and oxygen atoms in total. The zero-order valence-corrected chi connectivity index (χ0v) is 11.0. The minimum atomic E-state index is -0.774. The number of nitrogens with one attached hydrogen (secondary N) is 1. The van der Waals surface area contributed by atoms with Gasteiger partial charge in [-0.25, -0.2) is 4.39 Å². The van der Waals surface area contributed by atoms with Gasteiger partial charge in [-0.15, -0.1) is 0 Å². The number of nitriles is 1. The number of aromatic hydroxyl groups is 1. The van der Waals surface area contributed by atoms with E-state index in [2.05, 4.69) is 10.1 Å². The molecule has 0 bridgehead atoms. The lowest BCUT2D eigenvalue weighted by molar-refractivity contribution is 0.436. The number of rotatable bonds is 1. The predicted molar refractivity (Wildman–Crippen MR) is 72.6 cm³/mol. The molecule has 0 saturated carbocycles. The summed E-state index contributed by atoms with van der Waals surface area (Å²) in [6.45, 7) is 0. The van der Waals surface area contributed by atoms with E-state index < -0.39 is 17.3 Å². The van der Waals surface area contributed by atoms with Crippen LogP contribution in [0.5, 0.6) is 5.88 Å². The third kappa shape index (κ3) is 1.85. The molecule has 21 heavy (non-hydrogen) atoms. The first kappa shape index (κ1) is 13.1. The van der Waals surface area contributed by atoms with E-state index in [0.29, 0.717) is 0 Å². The third-order valence-electron chi connectivity index (χ3n) is 2.99. The molecule has 3 aromatic rings. The molecule has 0 aliphatic carbocycles. The second-order valence-electron chi connectivity index (χ2n) is 4.18. The first-order valence-corrected chi connectivity index (χ1v) is 6.10. The van der Waals surface area contributed by atoms with Crippen molar-refractivity contribution in [2.45, 2.75) is 0 Å². The van der Waals surface area contributed by atoms with Crippen LogP contribution in [0, 0.1) is 17.1 Å². The molecule has 0 unspecified atom stereocenters. The van der Waals surface area contributed by atoms with Gasteiger partial charge in [-0.3, -0.25) is 4.79 Å². The number of hydrogen-bond donors (Lipinski definition) is 2. The van der Waals surface area contributed by atoms with Crippen LogP contribution in [0.2, 0.25) is 5.02 Å². The van der Waals surface area contributed by atoms with Crippen molar-refractivity contribution < 1.29 is 9.50 Å². The summed E-state index contributed by atoms with van der Waals surface area (Å²) in [6, 6.07) is 5.72. The molecule has 0 saturated heterocycles. The first-order chi connectivity index (χ1) is 10.0. The molecule has 0 aliphatic heterocycles. The van der Waals surface area contributed by atoms with Gasteiger partial charge in [0.2, 0.25) is 5.88 Å². The zero-order valence-electron chi connectivity index (χ0n) is 10.3. The second-order valence-corrected chi connectivity index (χ2v) is 4.59. The van der Waals surface area contributed by atoms with E-state index in [1.165, 1.54) is 18.3 Å². The summed E-state index contributed by atoms with van der Waals surface area (Å²) in [5.74, 6) is -1.35. The van der Waals surface area contributed by atoms with Crippen LogP contribution in [-0.2, 0) is 0 Å². The van der Waals surface area contributed by atoms with Gasteiger partial charge in [0.05, 0.1) is 11.2 Å². The van der Waals surface area contributed by atoms with E-state index in [9.17, 15) is 14.3 Å². The minimum Gasteiger partial charge on any atom is -0.493 e. The van der Waals surface area contributed by atoms with Crippen molar-refractivity contribution in [2.75, 3.05) is 0 Å². The highest BCUT2D eigenvalue weighted by molar-refractivity contribution is 6.33. The number of benzene rings is 1. The summed E-state index contributed by atoms with van der Waals surface area (Å²) < 4.78 is 14.9. The minimum absolute atomic E-state index is 0.0243. The Kier molecular flexibility index (Phi) is 2.89. The first-order valence-electron chi connectivity index (χ1n) is 5.72. The maximum atomic E-state index is 13.9. The molecular weight excluding hydrogens is 299 g/mol. The summed E-state index contributed by atoms with van der Waals surface area (Å²) in [5.41, 5.74) is -1.25. The van der Waals surface area contributed by atoms with Gasteiger partial charge in [0.25, 0.3) is 5.56 Å². The number of aromatic nitrogens is 3. The molecule has 0 spiro atoms. The summed E-state index contributed by atoms with van der Waals surface area (Å²) in [5, 5.41) is 22.8. The van der Waals surface area contributed by atoms with Crippen LogP contribution in [0.3, 0.4) is 0 Å². The number of H-pyrrole nitrogens is 1. The topological polar surface area (TPSA) is 94.2 Å². The molecule has 2 N–H and O–H groups in total. The van der Waals surface area contributed by atoms with Gasteiger partial charge < -0.3 is 10.1 Å². The van der Waals surface area contributed by atoms with Crippen LogP contribution >= 0.6 is 11.6 Å². The number of aromatic amines is 1. The Morgan fingerprint density at radius 3 is 2.86 bits per heavy atom. The standard InChI is InChI=1S/C13H6ClFN4O2/c14-7-2-1-3-8(15)9(7)10-12(20)18-11-6(4-16)5-17-19(11)13(10)21/h1-3,5,21H,(H,18,20). The van der Waals surface area contributed by atoms with Gasteiger partial charge in [-0.1, -0.05) is 17.7 Å². The monoisotopic (exact) mass is 304 g/mol. The fourth-order valence-corrected chi connectivity index (χ4v) is 2.31. The number of nitrogens with zero attached hydrogens (tertiary/aromatic N) is 3. The zero-order chi connectivity index (χ0) is 15.1. The van der Waals surface area contributed by atoms with E-state index >= 15 is 0 Å². The average Bonchev–Trinajstić information content (AvgIpc) is 2.85. The smallest absolute Gasteiger partial charge is 0.263 e. The van der Waals surface area contributed by atoms with Gasteiger partial charge in [0.15, 0.2) is 5.65 Å². The number of hydrogen-bond acceptors (Lipinski definition) is 4. The molecule has 8 heteroatoms. The molecule has 0 aliphatic rings. The van der Waals surface area contributed by atoms with Crippen molar-refractivity contribution >= 4 is 17.2 Å². The Labute approximate surface area is 121 Å². The van der Waals surface area contributed by atoms with Crippen molar-refractivity contribution in [3.8, 4) is 23.1 Å². The quantitative estimate of drug-likeness (QED) is 0.719. The molecule has 0 fully saturated rings. The van der Waals surface area contributed by atoms with Crippen molar-refractivity contribution in [2.24, 2.45) is 0 Å². The average molecular weight is 305 g/mol. The van der Waals surface area contributed by atoms with Crippen LogP contribution in [0.4, 0.5) is 4.39 Å². The molecule has 3 rings (SSSR count). The highest BCUT2D eigenvalue weighted by atomic mass is 35.5. The third-order valence-corrected chi connectivity index (χ3v) is 3.30. The highest BCUT2D eigenvalue weighted by Gasteiger charge is 2.21. The molecule has 0 radical (unpaired) electrons.